The Morgan fingerprint density at radius 1 is 1.28 bits per heavy atom. The number of anilines is 1. The number of carbonyl (C=O) groups is 1. The lowest BCUT2D eigenvalue weighted by molar-refractivity contribution is 0.111. The number of rotatable bonds is 5. The lowest BCUT2D eigenvalue weighted by atomic mass is 10.1. The van der Waals surface area contributed by atoms with Gasteiger partial charge in [0.25, 0.3) is 0 Å². The third kappa shape index (κ3) is 5.19. The van der Waals surface area contributed by atoms with E-state index in [-0.39, 0.29) is 12.1 Å². The maximum absolute atomic E-state index is 12.2. The zero-order valence-corrected chi connectivity index (χ0v) is 15.8. The van der Waals surface area contributed by atoms with Gasteiger partial charge in [0.15, 0.2) is 0 Å². The Morgan fingerprint density at radius 2 is 2.08 bits per heavy atom. The fourth-order valence-electron chi connectivity index (χ4n) is 2.99. The molecule has 2 heterocycles. The molecular weight excluding hydrogens is 356 g/mol. The van der Waals surface area contributed by atoms with Crippen molar-refractivity contribution in [1.29, 1.82) is 0 Å². The molecule has 1 fully saturated rings. The molecular formula is C18H23ClN4OS. The molecule has 0 unspecified atom stereocenters. The maximum atomic E-state index is 12.2. The Kier molecular flexibility index (Phi) is 6.31. The van der Waals surface area contributed by atoms with E-state index in [0.29, 0.717) is 17.3 Å². The highest BCUT2D eigenvalue weighted by Crippen LogP contribution is 2.23. The predicted octanol–water partition coefficient (Wildman–Crippen LogP) is 3.51. The van der Waals surface area contributed by atoms with Gasteiger partial charge in [0.2, 0.25) is 0 Å². The minimum atomic E-state index is -0.211. The van der Waals surface area contributed by atoms with E-state index >= 15 is 0 Å². The summed E-state index contributed by atoms with van der Waals surface area (Å²) in [6.45, 7) is 4.70. The summed E-state index contributed by atoms with van der Waals surface area (Å²) < 4.78 is 0. The van der Waals surface area contributed by atoms with Crippen LogP contribution < -0.4 is 10.6 Å². The van der Waals surface area contributed by atoms with Crippen molar-refractivity contribution in [2.45, 2.75) is 6.04 Å². The van der Waals surface area contributed by atoms with E-state index in [1.54, 1.807) is 23.5 Å². The van der Waals surface area contributed by atoms with E-state index in [4.69, 9.17) is 11.6 Å². The molecule has 25 heavy (non-hydrogen) atoms. The minimum Gasteiger partial charge on any atom is -0.336 e. The van der Waals surface area contributed by atoms with E-state index in [1.165, 1.54) is 5.56 Å². The van der Waals surface area contributed by atoms with Crippen molar-refractivity contribution >= 4 is 34.7 Å². The molecule has 2 aromatic rings. The van der Waals surface area contributed by atoms with Gasteiger partial charge >= 0.3 is 6.03 Å². The Bertz CT molecular complexity index is 686. The average molecular weight is 379 g/mol. The number of halogens is 1. The van der Waals surface area contributed by atoms with Crippen LogP contribution in [0.25, 0.3) is 0 Å². The van der Waals surface area contributed by atoms with Gasteiger partial charge in [0.05, 0.1) is 6.04 Å². The molecule has 0 spiro atoms. The van der Waals surface area contributed by atoms with Crippen LogP contribution in [-0.2, 0) is 0 Å². The Morgan fingerprint density at radius 3 is 2.76 bits per heavy atom. The molecule has 1 aliphatic rings. The molecule has 134 valence electrons. The van der Waals surface area contributed by atoms with Gasteiger partial charge in [0, 0.05) is 43.4 Å². The van der Waals surface area contributed by atoms with E-state index < -0.39 is 0 Å². The number of hydrogen-bond acceptors (Lipinski definition) is 4. The van der Waals surface area contributed by atoms with Crippen LogP contribution in [-0.4, -0.2) is 55.6 Å². The molecule has 1 saturated heterocycles. The molecule has 1 atom stereocenters. The second-order valence-electron chi connectivity index (χ2n) is 6.26. The van der Waals surface area contributed by atoms with Crippen LogP contribution in [0.1, 0.15) is 11.6 Å². The summed E-state index contributed by atoms with van der Waals surface area (Å²) in [5, 5.41) is 10.7. The highest BCUT2D eigenvalue weighted by atomic mass is 35.5. The summed E-state index contributed by atoms with van der Waals surface area (Å²) >= 11 is 7.65. The van der Waals surface area contributed by atoms with Crippen molar-refractivity contribution in [3.05, 3.63) is 51.7 Å². The van der Waals surface area contributed by atoms with Crippen LogP contribution >= 0.6 is 22.9 Å². The van der Waals surface area contributed by atoms with Crippen molar-refractivity contribution in [3.8, 4) is 0 Å². The van der Waals surface area contributed by atoms with Crippen molar-refractivity contribution in [2.75, 3.05) is 45.1 Å². The number of nitrogens with zero attached hydrogens (tertiary/aromatic N) is 2. The number of amides is 2. The largest absolute Gasteiger partial charge is 0.336 e. The Hall–Kier alpha value is -1.60. The first-order valence-electron chi connectivity index (χ1n) is 8.37. The van der Waals surface area contributed by atoms with Gasteiger partial charge in [-0.3, -0.25) is 4.90 Å². The molecule has 7 heteroatoms. The standard InChI is InChI=1S/C18H23ClN4OS/c1-22-6-8-23(9-7-22)17(14-5-10-25-13-14)12-20-18(24)21-16-4-2-3-15(19)11-16/h2-5,10-11,13,17H,6-9,12H2,1H3,(H2,20,21,24)/t17-/m1/s1. The summed E-state index contributed by atoms with van der Waals surface area (Å²) in [5.74, 6) is 0. The molecule has 1 aliphatic heterocycles. The first kappa shape index (κ1) is 18.2. The van der Waals surface area contributed by atoms with Crippen molar-refractivity contribution in [2.24, 2.45) is 0 Å². The van der Waals surface area contributed by atoms with Gasteiger partial charge in [-0.15, -0.1) is 0 Å². The molecule has 0 aliphatic carbocycles. The number of benzene rings is 1. The number of piperazine rings is 1. The fourth-order valence-corrected chi connectivity index (χ4v) is 3.88. The highest BCUT2D eigenvalue weighted by Gasteiger charge is 2.24. The van der Waals surface area contributed by atoms with Crippen LogP contribution in [0.5, 0.6) is 0 Å². The number of nitrogens with one attached hydrogen (secondary N) is 2. The van der Waals surface area contributed by atoms with Crippen LogP contribution in [0, 0.1) is 0 Å². The van der Waals surface area contributed by atoms with Gasteiger partial charge in [-0.05, 0) is 47.6 Å². The Labute approximate surface area is 157 Å². The maximum Gasteiger partial charge on any atom is 0.319 e. The Balaban J connectivity index is 1.59. The third-order valence-corrected chi connectivity index (χ3v) is 5.38. The van der Waals surface area contributed by atoms with Gasteiger partial charge in [-0.2, -0.15) is 11.3 Å². The van der Waals surface area contributed by atoms with Crippen molar-refractivity contribution in [1.82, 2.24) is 15.1 Å². The summed E-state index contributed by atoms with van der Waals surface area (Å²) in [6, 6.07) is 9.28. The predicted molar refractivity (Wildman–Crippen MR) is 105 cm³/mol. The zero-order valence-electron chi connectivity index (χ0n) is 14.2. The fraction of sp³-hybridized carbons (Fsp3) is 0.389. The third-order valence-electron chi connectivity index (χ3n) is 4.45. The molecule has 1 aromatic carbocycles. The molecule has 1 aromatic heterocycles. The molecule has 0 saturated carbocycles. The molecule has 0 radical (unpaired) electrons. The summed E-state index contributed by atoms with van der Waals surface area (Å²) in [4.78, 5) is 17.0. The summed E-state index contributed by atoms with van der Waals surface area (Å²) in [6.07, 6.45) is 0. The van der Waals surface area contributed by atoms with Crippen molar-refractivity contribution < 1.29 is 4.79 Å². The lowest BCUT2D eigenvalue weighted by Crippen LogP contribution is -2.48. The normalized spacial score (nSPS) is 17.2. The van der Waals surface area contributed by atoms with Gasteiger partial charge in [0.1, 0.15) is 0 Å². The van der Waals surface area contributed by atoms with Gasteiger partial charge < -0.3 is 15.5 Å². The second kappa shape index (κ2) is 8.67. The number of likely N-dealkylation sites (N-methyl/N-ethyl adjacent to an activating group) is 1. The molecule has 0 bridgehead atoms. The smallest absolute Gasteiger partial charge is 0.319 e. The monoisotopic (exact) mass is 378 g/mol. The zero-order chi connectivity index (χ0) is 17.6. The second-order valence-corrected chi connectivity index (χ2v) is 7.47. The quantitative estimate of drug-likeness (QED) is 0.836. The van der Waals surface area contributed by atoms with E-state index in [2.05, 4.69) is 44.3 Å². The topological polar surface area (TPSA) is 47.6 Å². The van der Waals surface area contributed by atoms with E-state index in [1.807, 2.05) is 12.1 Å². The highest BCUT2D eigenvalue weighted by molar-refractivity contribution is 7.07. The molecule has 3 rings (SSSR count). The molecule has 2 N–H and O–H groups in total. The van der Waals surface area contributed by atoms with Gasteiger partial charge in [-0.1, -0.05) is 17.7 Å². The first-order valence-corrected chi connectivity index (χ1v) is 9.69. The molecule has 5 nitrogen and oxygen atoms in total. The van der Waals surface area contributed by atoms with Crippen LogP contribution in [0.4, 0.5) is 10.5 Å². The van der Waals surface area contributed by atoms with Crippen molar-refractivity contribution in [3.63, 3.8) is 0 Å². The average Bonchev–Trinajstić information content (AvgIpc) is 3.11. The van der Waals surface area contributed by atoms with Crippen LogP contribution in [0.3, 0.4) is 0 Å². The number of carbonyl (C=O) groups excluding carboxylic acids is 1. The minimum absolute atomic E-state index is 0.199. The number of urea groups is 1. The van der Waals surface area contributed by atoms with Crippen LogP contribution in [0.15, 0.2) is 41.1 Å². The first-order chi connectivity index (χ1) is 12.1. The molecule has 2 amide bonds. The number of thiophene rings is 1. The van der Waals surface area contributed by atoms with E-state index in [0.717, 1.165) is 26.2 Å². The van der Waals surface area contributed by atoms with E-state index in [9.17, 15) is 4.79 Å². The summed E-state index contributed by atoms with van der Waals surface area (Å²) in [5.41, 5.74) is 1.95. The lowest BCUT2D eigenvalue weighted by Gasteiger charge is -2.37. The number of hydrogen-bond donors (Lipinski definition) is 2. The van der Waals surface area contributed by atoms with Gasteiger partial charge in [-0.25, -0.2) is 4.79 Å². The summed E-state index contributed by atoms with van der Waals surface area (Å²) in [7, 11) is 2.15. The van der Waals surface area contributed by atoms with Crippen LogP contribution in [0.2, 0.25) is 5.02 Å². The SMILES string of the molecule is CN1CCN([C@H](CNC(=O)Nc2cccc(Cl)c2)c2ccsc2)CC1.